The molecule has 1 heterocycles. The number of nitrogens with one attached hydrogen (secondary N) is 1. The van der Waals surface area contributed by atoms with Crippen molar-refractivity contribution in [2.45, 2.75) is 39.0 Å². The summed E-state index contributed by atoms with van der Waals surface area (Å²) in [5, 5.41) is 3.23. The van der Waals surface area contributed by atoms with E-state index in [2.05, 4.69) is 17.2 Å². The fourth-order valence-electron chi connectivity index (χ4n) is 3.36. The van der Waals surface area contributed by atoms with Gasteiger partial charge in [0.05, 0.1) is 23.5 Å². The predicted octanol–water partition coefficient (Wildman–Crippen LogP) is 4.96. The molecule has 7 heteroatoms. The third-order valence-electron chi connectivity index (χ3n) is 5.14. The number of fused-ring (bicyclic) bond motifs is 1. The summed E-state index contributed by atoms with van der Waals surface area (Å²) in [6.45, 7) is 4.55. The van der Waals surface area contributed by atoms with Crippen LogP contribution in [0.4, 0.5) is 5.69 Å². The lowest BCUT2D eigenvalue weighted by atomic mass is 10.1. The number of ether oxygens (including phenoxy) is 2. The third kappa shape index (κ3) is 7.57. The average molecular weight is 449 g/mol. The van der Waals surface area contributed by atoms with E-state index in [0.717, 1.165) is 66.8 Å². The van der Waals surface area contributed by atoms with Gasteiger partial charge in [-0.2, -0.15) is 0 Å². The number of guanidine groups is 1. The number of nitrogens with two attached hydrogens (primary N) is 1. The highest BCUT2D eigenvalue weighted by Crippen LogP contribution is 2.31. The van der Waals surface area contributed by atoms with E-state index in [1.807, 2.05) is 54.6 Å². The summed E-state index contributed by atoms with van der Waals surface area (Å²) in [6.07, 6.45) is 5.97. The molecule has 174 valence electrons. The number of carbonyl (C=O) groups excluding carboxylic acids is 1. The minimum absolute atomic E-state index is 0.0311. The van der Waals surface area contributed by atoms with Gasteiger partial charge in [0.2, 0.25) is 6.41 Å². The minimum Gasteiger partial charge on any atom is -0.494 e. The standard InChI is InChI=1S/C26H32N4O3/c1-2-3-15-32-16-7-4-8-17-33-21-13-11-20(12-14-21)24-18-25(30-26(27)28-19-31)22-9-5-6-10-23(22)29-24/h5-6,9-14,18-19H,2-4,7-8,15-17H2,1H3,(H3,27,28,29,30,31). The van der Waals surface area contributed by atoms with Gasteiger partial charge in [-0.1, -0.05) is 31.5 Å². The fourth-order valence-corrected chi connectivity index (χ4v) is 3.36. The maximum atomic E-state index is 10.7. The summed E-state index contributed by atoms with van der Waals surface area (Å²) >= 11 is 0. The number of carbonyl (C=O) groups is 1. The molecule has 0 saturated carbocycles. The van der Waals surface area contributed by atoms with Crippen LogP contribution in [0, 0.1) is 0 Å². The molecular weight excluding hydrogens is 416 g/mol. The lowest BCUT2D eigenvalue weighted by molar-refractivity contribution is -0.108. The normalized spacial score (nSPS) is 11.5. The minimum atomic E-state index is 0.0311. The van der Waals surface area contributed by atoms with Gasteiger partial charge in [-0.05, 0) is 62.1 Å². The number of hydrogen-bond acceptors (Lipinski definition) is 5. The summed E-state index contributed by atoms with van der Waals surface area (Å²) in [4.78, 5) is 19.8. The molecule has 0 saturated heterocycles. The number of para-hydroxylation sites is 1. The molecule has 1 aromatic heterocycles. The molecular formula is C26H32N4O3. The molecule has 0 aliphatic heterocycles. The Labute approximate surface area is 195 Å². The number of nitrogens with zero attached hydrogens (tertiary/aromatic N) is 2. The van der Waals surface area contributed by atoms with Crippen molar-refractivity contribution < 1.29 is 14.3 Å². The highest BCUT2D eigenvalue weighted by atomic mass is 16.5. The van der Waals surface area contributed by atoms with Crippen molar-refractivity contribution in [2.24, 2.45) is 10.7 Å². The number of rotatable bonds is 13. The first kappa shape index (κ1) is 24.2. The molecule has 7 nitrogen and oxygen atoms in total. The fraction of sp³-hybridized carbons (Fsp3) is 0.346. The molecule has 2 aromatic carbocycles. The quantitative estimate of drug-likeness (QED) is 0.167. The van der Waals surface area contributed by atoms with Gasteiger partial charge in [0, 0.05) is 24.2 Å². The zero-order valence-electron chi connectivity index (χ0n) is 19.1. The van der Waals surface area contributed by atoms with Crippen LogP contribution in [0.3, 0.4) is 0 Å². The van der Waals surface area contributed by atoms with Gasteiger partial charge in [0.1, 0.15) is 5.75 Å². The van der Waals surface area contributed by atoms with Crippen LogP contribution in [-0.2, 0) is 9.53 Å². The molecule has 0 radical (unpaired) electrons. The SMILES string of the molecule is CCCCOCCCCCOc1ccc(-c2cc(N=C(N)NC=O)c3ccccc3n2)cc1. The molecule has 3 aromatic rings. The highest BCUT2D eigenvalue weighted by molar-refractivity contribution is 5.97. The molecule has 0 fully saturated rings. The maximum absolute atomic E-state index is 10.7. The van der Waals surface area contributed by atoms with Gasteiger partial charge < -0.3 is 15.2 Å². The van der Waals surface area contributed by atoms with E-state index < -0.39 is 0 Å². The van der Waals surface area contributed by atoms with E-state index in [-0.39, 0.29) is 5.96 Å². The molecule has 0 aliphatic carbocycles. The lowest BCUT2D eigenvalue weighted by Crippen LogP contribution is -2.29. The molecule has 0 aliphatic rings. The Balaban J connectivity index is 1.60. The van der Waals surface area contributed by atoms with Gasteiger partial charge in [-0.15, -0.1) is 0 Å². The van der Waals surface area contributed by atoms with Crippen molar-refractivity contribution in [2.75, 3.05) is 19.8 Å². The van der Waals surface area contributed by atoms with Crippen LogP contribution < -0.4 is 15.8 Å². The monoisotopic (exact) mass is 448 g/mol. The van der Waals surface area contributed by atoms with Crippen molar-refractivity contribution in [1.82, 2.24) is 10.3 Å². The molecule has 3 N–H and O–H groups in total. The van der Waals surface area contributed by atoms with Gasteiger partial charge in [0.15, 0.2) is 5.96 Å². The number of pyridine rings is 1. The van der Waals surface area contributed by atoms with Crippen LogP contribution in [0.25, 0.3) is 22.2 Å². The van der Waals surface area contributed by atoms with Crippen molar-refractivity contribution in [3.05, 3.63) is 54.6 Å². The topological polar surface area (TPSA) is 98.8 Å². The smallest absolute Gasteiger partial charge is 0.213 e. The summed E-state index contributed by atoms with van der Waals surface area (Å²) in [7, 11) is 0. The first-order valence-electron chi connectivity index (χ1n) is 11.5. The van der Waals surface area contributed by atoms with Crippen LogP contribution in [-0.4, -0.2) is 37.2 Å². The second-order valence-corrected chi connectivity index (χ2v) is 7.70. The Morgan fingerprint density at radius 1 is 1.03 bits per heavy atom. The Hall–Kier alpha value is -3.45. The van der Waals surface area contributed by atoms with Crippen molar-refractivity contribution in [1.29, 1.82) is 0 Å². The average Bonchev–Trinajstić information content (AvgIpc) is 2.83. The lowest BCUT2D eigenvalue weighted by Gasteiger charge is -2.09. The zero-order valence-corrected chi connectivity index (χ0v) is 19.1. The van der Waals surface area contributed by atoms with Gasteiger partial charge >= 0.3 is 0 Å². The van der Waals surface area contributed by atoms with Crippen molar-refractivity contribution in [3.8, 4) is 17.0 Å². The summed E-state index contributed by atoms with van der Waals surface area (Å²) in [5.41, 5.74) is 8.93. The van der Waals surface area contributed by atoms with E-state index >= 15 is 0 Å². The van der Waals surface area contributed by atoms with Crippen molar-refractivity contribution in [3.63, 3.8) is 0 Å². The predicted molar refractivity (Wildman–Crippen MR) is 133 cm³/mol. The molecule has 0 atom stereocenters. The van der Waals surface area contributed by atoms with E-state index in [1.165, 1.54) is 6.42 Å². The first-order valence-corrected chi connectivity index (χ1v) is 11.5. The number of aromatic nitrogens is 1. The number of benzene rings is 2. The molecule has 1 amide bonds. The largest absolute Gasteiger partial charge is 0.494 e. The van der Waals surface area contributed by atoms with Gasteiger partial charge in [-0.25, -0.2) is 9.98 Å². The van der Waals surface area contributed by atoms with Crippen LogP contribution in [0.15, 0.2) is 59.6 Å². The zero-order chi connectivity index (χ0) is 23.3. The second-order valence-electron chi connectivity index (χ2n) is 7.70. The summed E-state index contributed by atoms with van der Waals surface area (Å²) in [5.74, 6) is 0.861. The third-order valence-corrected chi connectivity index (χ3v) is 5.14. The first-order chi connectivity index (χ1) is 16.2. The van der Waals surface area contributed by atoms with E-state index in [9.17, 15) is 4.79 Å². The van der Waals surface area contributed by atoms with E-state index in [1.54, 1.807) is 0 Å². The van der Waals surface area contributed by atoms with Crippen LogP contribution in [0.5, 0.6) is 5.75 Å². The molecule has 0 bridgehead atoms. The molecule has 0 unspecified atom stereocenters. The number of unbranched alkanes of at least 4 members (excludes halogenated alkanes) is 3. The Kier molecular flexibility index (Phi) is 9.66. The van der Waals surface area contributed by atoms with Gasteiger partial charge in [-0.3, -0.25) is 10.1 Å². The van der Waals surface area contributed by atoms with Crippen LogP contribution >= 0.6 is 0 Å². The second kappa shape index (κ2) is 13.2. The Bertz CT molecular complexity index is 1050. The number of hydrogen-bond donors (Lipinski definition) is 2. The van der Waals surface area contributed by atoms with Crippen molar-refractivity contribution >= 4 is 29.0 Å². The van der Waals surface area contributed by atoms with Crippen LogP contribution in [0.1, 0.15) is 39.0 Å². The number of aliphatic imine (C=N–C) groups is 1. The molecule has 0 spiro atoms. The molecule has 3 rings (SSSR count). The van der Waals surface area contributed by atoms with E-state index in [0.29, 0.717) is 18.7 Å². The maximum Gasteiger partial charge on any atom is 0.213 e. The number of amides is 1. The molecule has 33 heavy (non-hydrogen) atoms. The Morgan fingerprint density at radius 3 is 2.58 bits per heavy atom. The Morgan fingerprint density at radius 2 is 1.79 bits per heavy atom. The van der Waals surface area contributed by atoms with Gasteiger partial charge in [0.25, 0.3) is 0 Å². The summed E-state index contributed by atoms with van der Waals surface area (Å²) < 4.78 is 11.5. The van der Waals surface area contributed by atoms with Crippen LogP contribution in [0.2, 0.25) is 0 Å². The highest BCUT2D eigenvalue weighted by Gasteiger charge is 2.08. The van der Waals surface area contributed by atoms with E-state index in [4.69, 9.17) is 20.2 Å². The summed E-state index contributed by atoms with van der Waals surface area (Å²) in [6, 6.07) is 17.4.